The highest BCUT2D eigenvalue weighted by atomic mass is 16.1. The summed E-state index contributed by atoms with van der Waals surface area (Å²) in [5, 5.41) is 0. The van der Waals surface area contributed by atoms with Crippen LogP contribution in [0.1, 0.15) is 64.7 Å². The van der Waals surface area contributed by atoms with Gasteiger partial charge in [0.1, 0.15) is 0 Å². The molecule has 1 heteroatoms. The van der Waals surface area contributed by atoms with Gasteiger partial charge in [0.15, 0.2) is 5.78 Å². The Morgan fingerprint density at radius 2 is 1.56 bits per heavy atom. The Morgan fingerprint density at radius 3 is 2.12 bits per heavy atom. The van der Waals surface area contributed by atoms with E-state index in [2.05, 4.69) is 0 Å². The lowest BCUT2D eigenvalue weighted by Gasteiger charge is -2.33. The third-order valence-corrected chi connectivity index (χ3v) is 4.40. The smallest absolute Gasteiger partial charge is 0.152 e. The van der Waals surface area contributed by atoms with Crippen molar-refractivity contribution in [2.45, 2.75) is 64.7 Å². The molecule has 0 aliphatic heterocycles. The molecule has 0 saturated heterocycles. The number of rotatable bonds is 2. The topological polar surface area (TPSA) is 17.1 Å². The maximum Gasteiger partial charge on any atom is 0.152 e. The molecular formula is C15H24O. The van der Waals surface area contributed by atoms with Crippen molar-refractivity contribution in [2.24, 2.45) is 11.8 Å². The number of hydrogen-bond acceptors (Lipinski definition) is 1. The number of ketones is 1. The molecule has 2 rings (SSSR count). The Hall–Kier alpha value is -0.590. The lowest BCUT2D eigenvalue weighted by atomic mass is 9.72. The van der Waals surface area contributed by atoms with Crippen molar-refractivity contribution in [3.8, 4) is 0 Å². The zero-order valence-corrected chi connectivity index (χ0v) is 10.5. The first-order chi connectivity index (χ1) is 7.75. The average Bonchev–Trinajstić information content (AvgIpc) is 2.30. The minimum absolute atomic E-state index is 0.228. The summed E-state index contributed by atoms with van der Waals surface area (Å²) >= 11 is 0. The molecular weight excluding hydrogens is 196 g/mol. The molecule has 2 saturated carbocycles. The summed E-state index contributed by atoms with van der Waals surface area (Å²) in [6, 6.07) is 0. The van der Waals surface area contributed by atoms with Crippen LogP contribution in [0.15, 0.2) is 11.6 Å². The van der Waals surface area contributed by atoms with Crippen LogP contribution in [0.4, 0.5) is 0 Å². The van der Waals surface area contributed by atoms with Gasteiger partial charge >= 0.3 is 0 Å². The molecule has 0 radical (unpaired) electrons. The van der Waals surface area contributed by atoms with Gasteiger partial charge in [0, 0.05) is 0 Å². The van der Waals surface area contributed by atoms with Crippen LogP contribution >= 0.6 is 0 Å². The van der Waals surface area contributed by atoms with Gasteiger partial charge in [0.25, 0.3) is 0 Å². The van der Waals surface area contributed by atoms with Crippen molar-refractivity contribution >= 4 is 5.78 Å². The van der Waals surface area contributed by atoms with E-state index in [1.807, 2.05) is 6.08 Å². The lowest BCUT2D eigenvalue weighted by molar-refractivity contribution is -0.112. The molecule has 0 aromatic rings. The molecule has 90 valence electrons. The third-order valence-electron chi connectivity index (χ3n) is 4.40. The Labute approximate surface area is 99.3 Å². The van der Waals surface area contributed by atoms with E-state index in [9.17, 15) is 4.79 Å². The second kappa shape index (κ2) is 5.65. The summed E-state index contributed by atoms with van der Waals surface area (Å²) in [5.41, 5.74) is 1.40. The number of allylic oxidation sites excluding steroid dienone is 2. The highest BCUT2D eigenvalue weighted by Gasteiger charge is 2.26. The van der Waals surface area contributed by atoms with Crippen molar-refractivity contribution in [2.75, 3.05) is 0 Å². The van der Waals surface area contributed by atoms with Gasteiger partial charge in [-0.2, -0.15) is 0 Å². The van der Waals surface area contributed by atoms with Gasteiger partial charge in [-0.15, -0.1) is 0 Å². The Kier molecular flexibility index (Phi) is 4.20. The van der Waals surface area contributed by atoms with Crippen LogP contribution in [0.2, 0.25) is 0 Å². The van der Waals surface area contributed by atoms with Crippen LogP contribution < -0.4 is 0 Å². The minimum atomic E-state index is 0.228. The van der Waals surface area contributed by atoms with Crippen LogP contribution in [0.25, 0.3) is 0 Å². The van der Waals surface area contributed by atoms with Crippen LogP contribution in [0.3, 0.4) is 0 Å². The number of carbonyl (C=O) groups is 1. The van der Waals surface area contributed by atoms with Crippen LogP contribution in [0.5, 0.6) is 0 Å². The summed E-state index contributed by atoms with van der Waals surface area (Å²) in [6.07, 6.45) is 14.2. The molecule has 2 fully saturated rings. The first kappa shape index (κ1) is 11.9. The molecule has 0 atom stereocenters. The van der Waals surface area contributed by atoms with Gasteiger partial charge in [-0.05, 0) is 50.5 Å². The maximum absolute atomic E-state index is 11.0. The Bertz CT molecular complexity index is 261. The first-order valence-corrected chi connectivity index (χ1v) is 6.95. The van der Waals surface area contributed by atoms with E-state index < -0.39 is 0 Å². The van der Waals surface area contributed by atoms with E-state index in [-0.39, 0.29) is 5.78 Å². The largest absolute Gasteiger partial charge is 0.295 e. The number of hydrogen-bond donors (Lipinski definition) is 0. The predicted molar refractivity (Wildman–Crippen MR) is 67.3 cm³/mol. The van der Waals surface area contributed by atoms with Crippen molar-refractivity contribution < 1.29 is 4.79 Å². The Balaban J connectivity index is 1.82. The highest BCUT2D eigenvalue weighted by molar-refractivity contribution is 5.87. The quantitative estimate of drug-likeness (QED) is 0.635. The van der Waals surface area contributed by atoms with Crippen LogP contribution in [-0.2, 0) is 4.79 Å². The molecule has 0 heterocycles. The van der Waals surface area contributed by atoms with Crippen molar-refractivity contribution in [1.29, 1.82) is 0 Å². The molecule has 0 amide bonds. The highest BCUT2D eigenvalue weighted by Crippen LogP contribution is 2.39. The molecule has 2 aliphatic rings. The molecule has 0 aromatic heterocycles. The molecule has 0 spiro atoms. The summed E-state index contributed by atoms with van der Waals surface area (Å²) in [4.78, 5) is 11.0. The summed E-state index contributed by atoms with van der Waals surface area (Å²) in [5.74, 6) is 2.20. The standard InChI is InChI=1S/C15H24O/c1-12(16)11-13-7-9-15(10-8-13)14-5-3-2-4-6-14/h11,14-15H,2-10H2,1H3. The maximum atomic E-state index is 11.0. The van der Waals surface area contributed by atoms with E-state index in [1.165, 1.54) is 63.4 Å². The fourth-order valence-electron chi connectivity index (χ4n) is 3.52. The van der Waals surface area contributed by atoms with Gasteiger partial charge < -0.3 is 0 Å². The predicted octanol–water partition coefficient (Wildman–Crippen LogP) is 4.27. The zero-order valence-electron chi connectivity index (χ0n) is 10.5. The van der Waals surface area contributed by atoms with Crippen molar-refractivity contribution in [3.63, 3.8) is 0 Å². The van der Waals surface area contributed by atoms with E-state index in [4.69, 9.17) is 0 Å². The molecule has 0 unspecified atom stereocenters. The Morgan fingerprint density at radius 1 is 1.00 bits per heavy atom. The van der Waals surface area contributed by atoms with Gasteiger partial charge in [0.2, 0.25) is 0 Å². The van der Waals surface area contributed by atoms with Crippen LogP contribution in [0, 0.1) is 11.8 Å². The van der Waals surface area contributed by atoms with Gasteiger partial charge in [-0.25, -0.2) is 0 Å². The first-order valence-electron chi connectivity index (χ1n) is 6.95. The van der Waals surface area contributed by atoms with E-state index in [1.54, 1.807) is 6.92 Å². The second-order valence-corrected chi connectivity index (χ2v) is 5.65. The summed E-state index contributed by atoms with van der Waals surface area (Å²) in [6.45, 7) is 1.67. The van der Waals surface area contributed by atoms with Gasteiger partial charge in [0.05, 0.1) is 0 Å². The van der Waals surface area contributed by atoms with E-state index >= 15 is 0 Å². The zero-order chi connectivity index (χ0) is 11.4. The van der Waals surface area contributed by atoms with Crippen LogP contribution in [-0.4, -0.2) is 5.78 Å². The molecule has 0 N–H and O–H groups in total. The second-order valence-electron chi connectivity index (χ2n) is 5.65. The van der Waals surface area contributed by atoms with Crippen molar-refractivity contribution in [1.82, 2.24) is 0 Å². The molecule has 1 nitrogen and oxygen atoms in total. The SMILES string of the molecule is CC(=O)C=C1CCC(C2CCCCC2)CC1. The van der Waals surface area contributed by atoms with E-state index in [0.717, 1.165) is 11.8 Å². The average molecular weight is 220 g/mol. The number of carbonyl (C=O) groups excluding carboxylic acids is 1. The fraction of sp³-hybridized carbons (Fsp3) is 0.800. The summed E-state index contributed by atoms with van der Waals surface area (Å²) < 4.78 is 0. The molecule has 0 bridgehead atoms. The fourth-order valence-corrected chi connectivity index (χ4v) is 3.52. The molecule has 2 aliphatic carbocycles. The van der Waals surface area contributed by atoms with Gasteiger partial charge in [-0.3, -0.25) is 4.79 Å². The van der Waals surface area contributed by atoms with Crippen molar-refractivity contribution in [3.05, 3.63) is 11.6 Å². The molecule has 0 aromatic carbocycles. The normalized spacial score (nSPS) is 27.8. The summed E-state index contributed by atoms with van der Waals surface area (Å²) in [7, 11) is 0. The molecule has 16 heavy (non-hydrogen) atoms. The lowest BCUT2D eigenvalue weighted by Crippen LogP contribution is -2.21. The minimum Gasteiger partial charge on any atom is -0.295 e. The monoisotopic (exact) mass is 220 g/mol. The van der Waals surface area contributed by atoms with Gasteiger partial charge in [-0.1, -0.05) is 37.7 Å². The third kappa shape index (κ3) is 3.20. The van der Waals surface area contributed by atoms with E-state index in [0.29, 0.717) is 0 Å².